The van der Waals surface area contributed by atoms with Gasteiger partial charge in [0, 0.05) is 10.6 Å². The largest absolute Gasteiger partial charge is 0.480 e. The predicted molar refractivity (Wildman–Crippen MR) is 74.5 cm³/mol. The van der Waals surface area contributed by atoms with Crippen LogP contribution in [0.5, 0.6) is 0 Å². The maximum atomic E-state index is 12.0. The number of hydrogen-bond acceptors (Lipinski definition) is 2. The number of allylic oxidation sites excluding steroid dienone is 1. The molecular weight excluding hydrogens is 266 g/mol. The zero-order valence-corrected chi connectivity index (χ0v) is 11.6. The number of aryl methyl sites for hydroxylation is 1. The fourth-order valence-corrected chi connectivity index (χ4v) is 1.84. The van der Waals surface area contributed by atoms with E-state index in [2.05, 4.69) is 5.32 Å². The highest BCUT2D eigenvalue weighted by atomic mass is 35.5. The van der Waals surface area contributed by atoms with E-state index in [0.717, 1.165) is 0 Å². The van der Waals surface area contributed by atoms with Crippen molar-refractivity contribution in [3.05, 3.63) is 46.5 Å². The minimum atomic E-state index is -1.06. The van der Waals surface area contributed by atoms with Gasteiger partial charge in [-0.15, -0.1) is 0 Å². The van der Waals surface area contributed by atoms with Crippen LogP contribution in [-0.4, -0.2) is 23.0 Å². The number of amides is 1. The summed E-state index contributed by atoms with van der Waals surface area (Å²) in [5.74, 6) is -1.47. The second-order valence-electron chi connectivity index (χ2n) is 4.13. The number of hydrogen-bond donors (Lipinski definition) is 2. The third-order valence-electron chi connectivity index (χ3n) is 2.64. The van der Waals surface area contributed by atoms with Crippen LogP contribution in [0.25, 0.3) is 0 Å². The molecule has 1 unspecified atom stereocenters. The highest BCUT2D eigenvalue weighted by Gasteiger charge is 2.20. The minimum absolute atomic E-state index is 0.254. The van der Waals surface area contributed by atoms with E-state index in [1.807, 2.05) is 0 Å². The number of carboxylic acids is 1. The Morgan fingerprint density at radius 1 is 1.47 bits per heavy atom. The first kappa shape index (κ1) is 15.2. The summed E-state index contributed by atoms with van der Waals surface area (Å²) in [4.78, 5) is 23.1. The molecule has 102 valence electrons. The molecule has 19 heavy (non-hydrogen) atoms. The van der Waals surface area contributed by atoms with Crippen LogP contribution in [0.1, 0.15) is 29.3 Å². The Labute approximate surface area is 117 Å². The lowest BCUT2D eigenvalue weighted by Crippen LogP contribution is -2.40. The third-order valence-corrected chi connectivity index (χ3v) is 2.88. The van der Waals surface area contributed by atoms with E-state index >= 15 is 0 Å². The summed E-state index contributed by atoms with van der Waals surface area (Å²) in [6.07, 6.45) is 3.70. The first-order valence-electron chi connectivity index (χ1n) is 5.86. The van der Waals surface area contributed by atoms with Gasteiger partial charge in [-0.3, -0.25) is 4.79 Å². The molecule has 0 aliphatic rings. The minimum Gasteiger partial charge on any atom is -0.480 e. The quantitative estimate of drug-likeness (QED) is 0.816. The van der Waals surface area contributed by atoms with E-state index in [0.29, 0.717) is 16.1 Å². The molecule has 1 amide bonds. The van der Waals surface area contributed by atoms with Crippen LogP contribution >= 0.6 is 11.6 Å². The zero-order chi connectivity index (χ0) is 14.4. The highest BCUT2D eigenvalue weighted by molar-refractivity contribution is 6.30. The molecule has 1 rings (SSSR count). The van der Waals surface area contributed by atoms with Crippen LogP contribution < -0.4 is 5.32 Å². The first-order valence-corrected chi connectivity index (χ1v) is 6.24. The average Bonchev–Trinajstić information content (AvgIpc) is 2.33. The lowest BCUT2D eigenvalue weighted by atomic mass is 10.1. The number of carbonyl (C=O) groups is 2. The first-order chi connectivity index (χ1) is 8.95. The Kier molecular flexibility index (Phi) is 5.57. The van der Waals surface area contributed by atoms with Gasteiger partial charge in [-0.1, -0.05) is 23.8 Å². The van der Waals surface area contributed by atoms with Gasteiger partial charge in [0.2, 0.25) is 0 Å². The SMILES string of the molecule is C/C=C/CC(NC(=O)c1ccc(Cl)cc1C)C(=O)O. The van der Waals surface area contributed by atoms with Gasteiger partial charge >= 0.3 is 5.97 Å². The summed E-state index contributed by atoms with van der Waals surface area (Å²) >= 11 is 5.81. The van der Waals surface area contributed by atoms with Gasteiger partial charge in [0.25, 0.3) is 5.91 Å². The van der Waals surface area contributed by atoms with Gasteiger partial charge in [-0.25, -0.2) is 4.79 Å². The summed E-state index contributed by atoms with van der Waals surface area (Å²) in [5.41, 5.74) is 1.14. The monoisotopic (exact) mass is 281 g/mol. The van der Waals surface area contributed by atoms with Crippen molar-refractivity contribution < 1.29 is 14.7 Å². The molecule has 0 aliphatic carbocycles. The van der Waals surface area contributed by atoms with Gasteiger partial charge in [-0.05, 0) is 44.0 Å². The Morgan fingerprint density at radius 2 is 2.16 bits per heavy atom. The van der Waals surface area contributed by atoms with Crippen molar-refractivity contribution in [1.82, 2.24) is 5.32 Å². The predicted octanol–water partition coefficient (Wildman–Crippen LogP) is 2.80. The van der Waals surface area contributed by atoms with Crippen molar-refractivity contribution in [3.63, 3.8) is 0 Å². The normalized spacial score (nSPS) is 12.4. The lowest BCUT2D eigenvalue weighted by molar-refractivity contribution is -0.139. The number of nitrogens with one attached hydrogen (secondary N) is 1. The molecule has 0 aliphatic heterocycles. The molecule has 1 aromatic rings. The standard InChI is InChI=1S/C14H16ClNO3/c1-3-4-5-12(14(18)19)16-13(17)11-7-6-10(15)8-9(11)2/h3-4,6-8,12H,5H2,1-2H3,(H,16,17)(H,18,19)/b4-3+. The van der Waals surface area contributed by atoms with Gasteiger partial charge < -0.3 is 10.4 Å². The Bertz CT molecular complexity index is 511. The molecule has 0 fully saturated rings. The zero-order valence-electron chi connectivity index (χ0n) is 10.8. The lowest BCUT2D eigenvalue weighted by Gasteiger charge is -2.14. The van der Waals surface area contributed by atoms with Crippen molar-refractivity contribution in [2.45, 2.75) is 26.3 Å². The molecule has 5 heteroatoms. The van der Waals surface area contributed by atoms with Crippen LogP contribution in [0.3, 0.4) is 0 Å². The molecule has 4 nitrogen and oxygen atoms in total. The van der Waals surface area contributed by atoms with E-state index in [-0.39, 0.29) is 6.42 Å². The van der Waals surface area contributed by atoms with Crippen LogP contribution in [0, 0.1) is 6.92 Å². The number of halogens is 1. The van der Waals surface area contributed by atoms with Crippen molar-refractivity contribution in [2.75, 3.05) is 0 Å². The Hall–Kier alpha value is -1.81. The van der Waals surface area contributed by atoms with E-state index in [9.17, 15) is 9.59 Å². The molecule has 0 saturated heterocycles. The third kappa shape index (κ3) is 4.41. The molecular formula is C14H16ClNO3. The van der Waals surface area contributed by atoms with Crippen molar-refractivity contribution in [3.8, 4) is 0 Å². The van der Waals surface area contributed by atoms with Gasteiger partial charge in [0.15, 0.2) is 0 Å². The van der Waals surface area contributed by atoms with Gasteiger partial charge in [0.05, 0.1) is 0 Å². The summed E-state index contributed by atoms with van der Waals surface area (Å²) < 4.78 is 0. The average molecular weight is 282 g/mol. The summed E-state index contributed by atoms with van der Waals surface area (Å²) in [7, 11) is 0. The van der Waals surface area contributed by atoms with Crippen molar-refractivity contribution in [1.29, 1.82) is 0 Å². The van der Waals surface area contributed by atoms with Crippen molar-refractivity contribution in [2.24, 2.45) is 0 Å². The number of benzene rings is 1. The van der Waals surface area contributed by atoms with E-state index in [1.165, 1.54) is 0 Å². The highest BCUT2D eigenvalue weighted by Crippen LogP contribution is 2.15. The van der Waals surface area contributed by atoms with Crippen LogP contribution in [0.2, 0.25) is 5.02 Å². The Balaban J connectivity index is 2.84. The maximum Gasteiger partial charge on any atom is 0.326 e. The number of carbonyl (C=O) groups excluding carboxylic acids is 1. The Morgan fingerprint density at radius 3 is 2.68 bits per heavy atom. The molecule has 0 saturated carbocycles. The summed E-state index contributed by atoms with van der Waals surface area (Å²) in [5, 5.41) is 12.1. The molecule has 0 radical (unpaired) electrons. The van der Waals surface area contributed by atoms with E-state index in [4.69, 9.17) is 16.7 Å². The maximum absolute atomic E-state index is 12.0. The summed E-state index contributed by atoms with van der Waals surface area (Å²) in [6.45, 7) is 3.55. The second kappa shape index (κ2) is 6.95. The fourth-order valence-electron chi connectivity index (χ4n) is 1.61. The molecule has 1 aromatic carbocycles. The molecule has 0 aromatic heterocycles. The van der Waals surface area contributed by atoms with E-state index in [1.54, 1.807) is 44.2 Å². The molecule has 1 atom stereocenters. The molecule has 2 N–H and O–H groups in total. The van der Waals surface area contributed by atoms with E-state index < -0.39 is 17.9 Å². The van der Waals surface area contributed by atoms with Gasteiger partial charge in [-0.2, -0.15) is 0 Å². The van der Waals surface area contributed by atoms with Gasteiger partial charge in [0.1, 0.15) is 6.04 Å². The van der Waals surface area contributed by atoms with Crippen LogP contribution in [0.4, 0.5) is 0 Å². The molecule has 0 heterocycles. The number of aliphatic carboxylic acids is 1. The molecule has 0 bridgehead atoms. The topological polar surface area (TPSA) is 66.4 Å². The fraction of sp³-hybridized carbons (Fsp3) is 0.286. The van der Waals surface area contributed by atoms with Crippen molar-refractivity contribution >= 4 is 23.5 Å². The number of carboxylic acid groups (broad SMARTS) is 1. The smallest absolute Gasteiger partial charge is 0.326 e. The molecule has 0 spiro atoms. The van der Waals surface area contributed by atoms with Crippen LogP contribution in [0.15, 0.2) is 30.4 Å². The second-order valence-corrected chi connectivity index (χ2v) is 4.56. The number of rotatable bonds is 5. The summed E-state index contributed by atoms with van der Waals surface area (Å²) in [6, 6.07) is 3.92. The van der Waals surface area contributed by atoms with Crippen LogP contribution in [-0.2, 0) is 4.79 Å².